The van der Waals surface area contributed by atoms with Crippen molar-refractivity contribution < 1.29 is 19.0 Å². The fraction of sp³-hybridized carbons (Fsp3) is 0.167. The molecule has 0 amide bonds. The van der Waals surface area contributed by atoms with Crippen LogP contribution in [0.2, 0.25) is 0 Å². The van der Waals surface area contributed by atoms with Gasteiger partial charge in [-0.2, -0.15) is 0 Å². The second-order valence-corrected chi connectivity index (χ2v) is 4.77. The molecule has 5 heteroatoms. The van der Waals surface area contributed by atoms with Gasteiger partial charge in [-0.1, -0.05) is 12.1 Å². The lowest BCUT2D eigenvalue weighted by molar-refractivity contribution is 0.104. The minimum atomic E-state index is -0.144. The van der Waals surface area contributed by atoms with Gasteiger partial charge in [0.2, 0.25) is 0 Å². The molecule has 0 aliphatic rings. The van der Waals surface area contributed by atoms with Crippen LogP contribution in [-0.2, 0) is 0 Å². The second-order valence-electron chi connectivity index (χ2n) is 4.77. The van der Waals surface area contributed by atoms with Crippen molar-refractivity contribution in [2.45, 2.75) is 0 Å². The quantitative estimate of drug-likeness (QED) is 0.504. The molecule has 120 valence electrons. The number of methoxy groups -OCH3 is 3. The maximum absolute atomic E-state index is 12.2. The van der Waals surface area contributed by atoms with E-state index in [4.69, 9.17) is 19.9 Å². The number of nitrogen functional groups attached to an aromatic ring is 1. The minimum Gasteiger partial charge on any atom is -0.496 e. The molecule has 2 rings (SSSR count). The summed E-state index contributed by atoms with van der Waals surface area (Å²) < 4.78 is 15.8. The lowest BCUT2D eigenvalue weighted by Gasteiger charge is -2.12. The average Bonchev–Trinajstić information content (AvgIpc) is 2.58. The number of allylic oxidation sites excluding steroid dienone is 1. The number of hydrogen-bond acceptors (Lipinski definition) is 5. The van der Waals surface area contributed by atoms with Gasteiger partial charge in [0.05, 0.1) is 21.3 Å². The summed E-state index contributed by atoms with van der Waals surface area (Å²) in [6.45, 7) is 0. The van der Waals surface area contributed by atoms with Crippen molar-refractivity contribution in [3.8, 4) is 17.2 Å². The summed E-state index contributed by atoms with van der Waals surface area (Å²) in [5, 5.41) is 0. The number of ketones is 1. The molecule has 2 N–H and O–H groups in total. The van der Waals surface area contributed by atoms with E-state index in [1.54, 1.807) is 63.8 Å². The first-order valence-corrected chi connectivity index (χ1v) is 6.97. The highest BCUT2D eigenvalue weighted by molar-refractivity contribution is 6.07. The Morgan fingerprint density at radius 1 is 0.957 bits per heavy atom. The van der Waals surface area contributed by atoms with Crippen LogP contribution in [0, 0.1) is 0 Å². The molecule has 0 spiro atoms. The van der Waals surface area contributed by atoms with Crippen LogP contribution in [-0.4, -0.2) is 27.1 Å². The fourth-order valence-electron chi connectivity index (χ4n) is 2.14. The molecule has 0 saturated heterocycles. The van der Waals surface area contributed by atoms with E-state index in [1.807, 2.05) is 0 Å². The maximum Gasteiger partial charge on any atom is 0.185 e. The SMILES string of the molecule is COc1cc(OC)c(OC)cc1C=CC(=O)c1cccc(N)c1. The van der Waals surface area contributed by atoms with Crippen molar-refractivity contribution >= 4 is 17.5 Å². The van der Waals surface area contributed by atoms with Gasteiger partial charge in [0.1, 0.15) is 5.75 Å². The zero-order chi connectivity index (χ0) is 16.8. The zero-order valence-electron chi connectivity index (χ0n) is 13.3. The van der Waals surface area contributed by atoms with E-state index in [1.165, 1.54) is 6.08 Å². The van der Waals surface area contributed by atoms with Crippen LogP contribution < -0.4 is 19.9 Å². The van der Waals surface area contributed by atoms with Crippen LogP contribution in [0.1, 0.15) is 15.9 Å². The summed E-state index contributed by atoms with van der Waals surface area (Å²) in [5.41, 5.74) is 7.48. The van der Waals surface area contributed by atoms with E-state index in [2.05, 4.69) is 0 Å². The maximum atomic E-state index is 12.2. The van der Waals surface area contributed by atoms with Crippen molar-refractivity contribution in [3.05, 3.63) is 53.6 Å². The first-order valence-electron chi connectivity index (χ1n) is 6.97. The van der Waals surface area contributed by atoms with Crippen molar-refractivity contribution in [1.29, 1.82) is 0 Å². The number of benzene rings is 2. The highest BCUT2D eigenvalue weighted by atomic mass is 16.5. The Morgan fingerprint density at radius 2 is 1.61 bits per heavy atom. The Bertz CT molecular complexity index is 738. The van der Waals surface area contributed by atoms with E-state index in [0.29, 0.717) is 34.1 Å². The number of hydrogen-bond donors (Lipinski definition) is 1. The molecule has 0 atom stereocenters. The molecular weight excluding hydrogens is 294 g/mol. The number of carbonyl (C=O) groups is 1. The average molecular weight is 313 g/mol. The highest BCUT2D eigenvalue weighted by Crippen LogP contribution is 2.35. The van der Waals surface area contributed by atoms with Gasteiger partial charge in [0.15, 0.2) is 17.3 Å². The molecule has 0 aliphatic carbocycles. The molecule has 0 heterocycles. The molecule has 23 heavy (non-hydrogen) atoms. The van der Waals surface area contributed by atoms with Crippen LogP contribution in [0.4, 0.5) is 5.69 Å². The molecule has 0 fully saturated rings. The summed E-state index contributed by atoms with van der Waals surface area (Å²) >= 11 is 0. The largest absolute Gasteiger partial charge is 0.496 e. The van der Waals surface area contributed by atoms with E-state index in [-0.39, 0.29) is 5.78 Å². The Morgan fingerprint density at radius 3 is 2.22 bits per heavy atom. The summed E-state index contributed by atoms with van der Waals surface area (Å²) in [4.78, 5) is 12.2. The molecular formula is C18H19NO4. The van der Waals surface area contributed by atoms with Gasteiger partial charge in [-0.15, -0.1) is 0 Å². The number of rotatable bonds is 6. The molecule has 0 radical (unpaired) electrons. The molecule has 0 aromatic heterocycles. The lowest BCUT2D eigenvalue weighted by Crippen LogP contribution is -1.97. The number of ether oxygens (including phenoxy) is 3. The van der Waals surface area contributed by atoms with Crippen molar-refractivity contribution in [2.75, 3.05) is 27.1 Å². The van der Waals surface area contributed by atoms with Gasteiger partial charge < -0.3 is 19.9 Å². The summed E-state index contributed by atoms with van der Waals surface area (Å²) in [5.74, 6) is 1.56. The monoisotopic (exact) mass is 313 g/mol. The summed E-state index contributed by atoms with van der Waals surface area (Å²) in [7, 11) is 4.66. The zero-order valence-corrected chi connectivity index (χ0v) is 13.3. The van der Waals surface area contributed by atoms with E-state index >= 15 is 0 Å². The standard InChI is InChI=1S/C18H19NO4/c1-21-16-11-18(23-3)17(22-2)10-13(16)7-8-15(20)12-5-4-6-14(19)9-12/h4-11H,19H2,1-3H3. The molecule has 5 nitrogen and oxygen atoms in total. The summed E-state index contributed by atoms with van der Waals surface area (Å²) in [6.07, 6.45) is 3.14. The predicted molar refractivity (Wildman–Crippen MR) is 90.3 cm³/mol. The first kappa shape index (κ1) is 16.4. The van der Waals surface area contributed by atoms with Crippen LogP contribution in [0.25, 0.3) is 6.08 Å². The fourth-order valence-corrected chi connectivity index (χ4v) is 2.14. The van der Waals surface area contributed by atoms with Crippen LogP contribution in [0.5, 0.6) is 17.2 Å². The van der Waals surface area contributed by atoms with Crippen LogP contribution in [0.15, 0.2) is 42.5 Å². The molecule has 0 saturated carbocycles. The molecule has 2 aromatic carbocycles. The Balaban J connectivity index is 2.33. The van der Waals surface area contributed by atoms with Crippen molar-refractivity contribution in [3.63, 3.8) is 0 Å². The smallest absolute Gasteiger partial charge is 0.185 e. The Labute approximate surface area is 135 Å². The minimum absolute atomic E-state index is 0.144. The topological polar surface area (TPSA) is 70.8 Å². The van der Waals surface area contributed by atoms with Gasteiger partial charge in [-0.05, 0) is 30.4 Å². The molecule has 0 unspecified atom stereocenters. The number of anilines is 1. The van der Waals surface area contributed by atoms with Gasteiger partial charge in [0, 0.05) is 22.9 Å². The van der Waals surface area contributed by atoms with Crippen molar-refractivity contribution in [2.24, 2.45) is 0 Å². The van der Waals surface area contributed by atoms with Gasteiger partial charge >= 0.3 is 0 Å². The molecule has 0 aliphatic heterocycles. The van der Waals surface area contributed by atoms with E-state index < -0.39 is 0 Å². The lowest BCUT2D eigenvalue weighted by atomic mass is 10.1. The third-order valence-corrected chi connectivity index (χ3v) is 3.32. The first-order chi connectivity index (χ1) is 11.1. The predicted octanol–water partition coefficient (Wildman–Crippen LogP) is 3.19. The van der Waals surface area contributed by atoms with Gasteiger partial charge in [-0.25, -0.2) is 0 Å². The Kier molecular flexibility index (Phi) is 5.25. The molecule has 0 bridgehead atoms. The van der Waals surface area contributed by atoms with E-state index in [0.717, 1.165) is 0 Å². The molecule has 2 aromatic rings. The Hall–Kier alpha value is -2.95. The van der Waals surface area contributed by atoms with E-state index in [9.17, 15) is 4.79 Å². The number of carbonyl (C=O) groups excluding carboxylic acids is 1. The van der Waals surface area contributed by atoms with Gasteiger partial charge in [0.25, 0.3) is 0 Å². The third-order valence-electron chi connectivity index (χ3n) is 3.32. The second kappa shape index (κ2) is 7.35. The van der Waals surface area contributed by atoms with Crippen LogP contribution >= 0.6 is 0 Å². The van der Waals surface area contributed by atoms with Gasteiger partial charge in [-0.3, -0.25) is 4.79 Å². The number of nitrogens with two attached hydrogens (primary N) is 1. The highest BCUT2D eigenvalue weighted by Gasteiger charge is 2.10. The summed E-state index contributed by atoms with van der Waals surface area (Å²) in [6, 6.07) is 10.3. The normalized spacial score (nSPS) is 10.6. The van der Waals surface area contributed by atoms with Crippen molar-refractivity contribution in [1.82, 2.24) is 0 Å². The third kappa shape index (κ3) is 3.83. The van der Waals surface area contributed by atoms with Crippen LogP contribution in [0.3, 0.4) is 0 Å².